The average molecular weight is 468 g/mol. The summed E-state index contributed by atoms with van der Waals surface area (Å²) in [7, 11) is 0. The number of anilines is 3. The van der Waals surface area contributed by atoms with Crippen molar-refractivity contribution in [1.82, 2.24) is 0 Å². The molecule has 5 aromatic carbocycles. The highest BCUT2D eigenvalue weighted by Gasteiger charge is 2.15. The first-order chi connectivity index (χ1) is 17.4. The minimum atomic E-state index is 0.921. The largest absolute Gasteiger partial charge is 0.456 e. The summed E-state index contributed by atoms with van der Waals surface area (Å²) < 4.78 is 6.13. The van der Waals surface area contributed by atoms with Crippen LogP contribution in [0, 0.1) is 27.7 Å². The topological polar surface area (TPSA) is 16.4 Å². The van der Waals surface area contributed by atoms with E-state index >= 15 is 0 Å². The second-order valence-corrected chi connectivity index (χ2v) is 9.88. The fraction of sp³-hybridized carbons (Fsp3) is 0.118. The highest BCUT2D eigenvalue weighted by molar-refractivity contribution is 6.05. The van der Waals surface area contributed by atoms with Crippen LogP contribution < -0.4 is 4.90 Å². The highest BCUT2D eigenvalue weighted by Crippen LogP contribution is 2.38. The van der Waals surface area contributed by atoms with Crippen LogP contribution in [0.25, 0.3) is 33.1 Å². The van der Waals surface area contributed by atoms with E-state index in [1.54, 1.807) is 0 Å². The Morgan fingerprint density at radius 2 is 0.972 bits per heavy atom. The second kappa shape index (κ2) is 8.73. The molecule has 0 unspecified atom stereocenters. The molecule has 0 spiro atoms. The average Bonchev–Trinajstić information content (AvgIpc) is 3.21. The number of furan rings is 1. The fourth-order valence-electron chi connectivity index (χ4n) is 5.32. The van der Waals surface area contributed by atoms with Crippen LogP contribution in [0.15, 0.2) is 108 Å². The first-order valence-corrected chi connectivity index (χ1v) is 12.4. The monoisotopic (exact) mass is 467 g/mol. The van der Waals surface area contributed by atoms with Crippen LogP contribution in [0.1, 0.15) is 22.3 Å². The molecule has 0 saturated heterocycles. The van der Waals surface area contributed by atoms with Crippen LogP contribution in [0.5, 0.6) is 0 Å². The summed E-state index contributed by atoms with van der Waals surface area (Å²) in [6, 6.07) is 37.0. The molecule has 6 aromatic rings. The molecule has 0 aliphatic rings. The Hall–Kier alpha value is -4.30. The van der Waals surface area contributed by atoms with E-state index in [2.05, 4.69) is 124 Å². The molecule has 36 heavy (non-hydrogen) atoms. The summed E-state index contributed by atoms with van der Waals surface area (Å²) in [6.45, 7) is 8.64. The fourth-order valence-corrected chi connectivity index (χ4v) is 5.32. The van der Waals surface area contributed by atoms with Crippen molar-refractivity contribution < 1.29 is 4.42 Å². The third-order valence-corrected chi connectivity index (χ3v) is 6.77. The Bertz CT molecular complexity index is 1630. The number of aryl methyl sites for hydroxylation is 4. The van der Waals surface area contributed by atoms with Crippen LogP contribution in [0.3, 0.4) is 0 Å². The minimum Gasteiger partial charge on any atom is -0.456 e. The lowest BCUT2D eigenvalue weighted by Gasteiger charge is -2.27. The van der Waals surface area contributed by atoms with Gasteiger partial charge in [-0.3, -0.25) is 0 Å². The van der Waals surface area contributed by atoms with E-state index in [0.29, 0.717) is 0 Å². The van der Waals surface area contributed by atoms with Crippen LogP contribution >= 0.6 is 0 Å². The van der Waals surface area contributed by atoms with E-state index in [1.807, 2.05) is 12.1 Å². The van der Waals surface area contributed by atoms with Gasteiger partial charge in [0, 0.05) is 27.8 Å². The van der Waals surface area contributed by atoms with Gasteiger partial charge in [0.05, 0.1) is 0 Å². The summed E-state index contributed by atoms with van der Waals surface area (Å²) in [5, 5.41) is 2.31. The van der Waals surface area contributed by atoms with Gasteiger partial charge in [-0.1, -0.05) is 48.5 Å². The maximum absolute atomic E-state index is 6.13. The summed E-state index contributed by atoms with van der Waals surface area (Å²) in [6.07, 6.45) is 0. The molecule has 0 atom stereocenters. The van der Waals surface area contributed by atoms with Gasteiger partial charge in [0.1, 0.15) is 11.2 Å². The maximum atomic E-state index is 6.13. The Kier molecular flexibility index (Phi) is 5.38. The van der Waals surface area contributed by atoms with Crippen LogP contribution in [0.2, 0.25) is 0 Å². The van der Waals surface area contributed by atoms with Gasteiger partial charge in [-0.15, -0.1) is 0 Å². The number of nitrogens with zero attached hydrogens (tertiary/aromatic N) is 1. The molecule has 2 heteroatoms. The van der Waals surface area contributed by atoms with Crippen molar-refractivity contribution in [2.45, 2.75) is 27.7 Å². The van der Waals surface area contributed by atoms with E-state index in [4.69, 9.17) is 4.42 Å². The standard InChI is InChI=1S/C34H29NO/c1-22-15-23(2)18-29(17-22)35(30-19-24(3)16-25(4)20-30)28-12-9-26(10-13-28)27-11-14-32-31-7-5-6-8-33(31)36-34(32)21-27/h5-21H,1-4H3. The molecule has 0 radical (unpaired) electrons. The van der Waals surface area contributed by atoms with Crippen molar-refractivity contribution in [2.24, 2.45) is 0 Å². The normalized spacial score (nSPS) is 11.3. The molecule has 0 N–H and O–H groups in total. The van der Waals surface area contributed by atoms with Crippen molar-refractivity contribution in [3.8, 4) is 11.1 Å². The van der Waals surface area contributed by atoms with E-state index in [1.165, 1.54) is 39.2 Å². The van der Waals surface area contributed by atoms with Gasteiger partial charge in [0.2, 0.25) is 0 Å². The molecule has 0 fully saturated rings. The molecule has 0 saturated carbocycles. The number of benzene rings is 5. The number of para-hydroxylation sites is 1. The van der Waals surface area contributed by atoms with Crippen molar-refractivity contribution >= 4 is 39.0 Å². The zero-order chi connectivity index (χ0) is 24.8. The Morgan fingerprint density at radius 1 is 0.444 bits per heavy atom. The molecule has 2 nitrogen and oxygen atoms in total. The van der Waals surface area contributed by atoms with Gasteiger partial charge in [-0.25, -0.2) is 0 Å². The predicted octanol–water partition coefficient (Wildman–Crippen LogP) is 9.96. The summed E-state index contributed by atoms with van der Waals surface area (Å²) in [4.78, 5) is 2.35. The maximum Gasteiger partial charge on any atom is 0.136 e. The third kappa shape index (κ3) is 4.05. The van der Waals surface area contributed by atoms with Gasteiger partial charge >= 0.3 is 0 Å². The van der Waals surface area contributed by atoms with Crippen molar-refractivity contribution in [2.75, 3.05) is 4.90 Å². The molecular weight excluding hydrogens is 438 g/mol. The van der Waals surface area contributed by atoms with E-state index in [0.717, 1.165) is 33.2 Å². The smallest absolute Gasteiger partial charge is 0.136 e. The Labute approximate surface area is 212 Å². The van der Waals surface area contributed by atoms with E-state index in [-0.39, 0.29) is 0 Å². The molecule has 0 aliphatic carbocycles. The molecule has 1 aromatic heterocycles. The lowest BCUT2D eigenvalue weighted by molar-refractivity contribution is 0.669. The van der Waals surface area contributed by atoms with Crippen LogP contribution in [-0.4, -0.2) is 0 Å². The Balaban J connectivity index is 1.43. The van der Waals surface area contributed by atoms with Crippen molar-refractivity contribution in [3.63, 3.8) is 0 Å². The molecule has 6 rings (SSSR count). The predicted molar refractivity (Wildman–Crippen MR) is 153 cm³/mol. The van der Waals surface area contributed by atoms with Crippen molar-refractivity contribution in [3.05, 3.63) is 125 Å². The molecule has 0 bridgehead atoms. The van der Waals surface area contributed by atoms with E-state index in [9.17, 15) is 0 Å². The molecule has 0 aliphatic heterocycles. The molecular formula is C34H29NO. The van der Waals surface area contributed by atoms with Crippen LogP contribution in [0.4, 0.5) is 17.1 Å². The van der Waals surface area contributed by atoms with Crippen molar-refractivity contribution in [1.29, 1.82) is 0 Å². The van der Waals surface area contributed by atoms with E-state index < -0.39 is 0 Å². The molecule has 176 valence electrons. The summed E-state index contributed by atoms with van der Waals surface area (Å²) in [5.74, 6) is 0. The van der Waals surface area contributed by atoms with Crippen LogP contribution in [-0.2, 0) is 0 Å². The SMILES string of the molecule is Cc1cc(C)cc(N(c2ccc(-c3ccc4c(c3)oc3ccccc34)cc2)c2cc(C)cc(C)c2)c1. The minimum absolute atomic E-state index is 0.921. The first kappa shape index (κ1) is 22.2. The molecule has 1 heterocycles. The second-order valence-electron chi connectivity index (χ2n) is 9.88. The van der Waals surface area contributed by atoms with Gasteiger partial charge < -0.3 is 9.32 Å². The summed E-state index contributed by atoms with van der Waals surface area (Å²) >= 11 is 0. The highest BCUT2D eigenvalue weighted by atomic mass is 16.3. The molecule has 0 amide bonds. The Morgan fingerprint density at radius 3 is 1.58 bits per heavy atom. The number of rotatable bonds is 4. The zero-order valence-electron chi connectivity index (χ0n) is 21.2. The van der Waals surface area contributed by atoms with Gasteiger partial charge in [0.25, 0.3) is 0 Å². The first-order valence-electron chi connectivity index (χ1n) is 12.4. The third-order valence-electron chi connectivity index (χ3n) is 6.77. The number of hydrogen-bond acceptors (Lipinski definition) is 2. The summed E-state index contributed by atoms with van der Waals surface area (Å²) in [5.41, 5.74) is 12.7. The zero-order valence-corrected chi connectivity index (χ0v) is 21.2. The van der Waals surface area contributed by atoms with Gasteiger partial charge in [-0.2, -0.15) is 0 Å². The van der Waals surface area contributed by atoms with Gasteiger partial charge in [0.15, 0.2) is 0 Å². The number of hydrogen-bond donors (Lipinski definition) is 0. The van der Waals surface area contributed by atoms with Gasteiger partial charge in [-0.05, 0) is 116 Å². The quantitative estimate of drug-likeness (QED) is 0.256. The lowest BCUT2D eigenvalue weighted by Crippen LogP contribution is -2.11. The lowest BCUT2D eigenvalue weighted by atomic mass is 10.0. The number of fused-ring (bicyclic) bond motifs is 3.